The van der Waals surface area contributed by atoms with Crippen LogP contribution in [0.4, 0.5) is 15.8 Å². The Kier molecular flexibility index (Phi) is 6.90. The quantitative estimate of drug-likeness (QED) is 0.513. The van der Waals surface area contributed by atoms with Crippen molar-refractivity contribution in [2.45, 2.75) is 17.9 Å². The van der Waals surface area contributed by atoms with Crippen molar-refractivity contribution in [3.8, 4) is 0 Å². The van der Waals surface area contributed by atoms with E-state index in [2.05, 4.69) is 5.32 Å². The van der Waals surface area contributed by atoms with Crippen LogP contribution in [0, 0.1) is 15.9 Å². The molecule has 2 aromatic carbocycles. The van der Waals surface area contributed by atoms with Crippen molar-refractivity contribution in [1.82, 2.24) is 9.21 Å². The summed E-state index contributed by atoms with van der Waals surface area (Å²) in [6.45, 7) is 2.35. The number of halogens is 2. The van der Waals surface area contributed by atoms with E-state index < -0.39 is 32.5 Å². The summed E-state index contributed by atoms with van der Waals surface area (Å²) in [5.74, 6) is -0.943. The van der Waals surface area contributed by atoms with Crippen molar-refractivity contribution < 1.29 is 22.5 Å². The molecule has 1 N–H and O–H groups in total. The van der Waals surface area contributed by atoms with Crippen molar-refractivity contribution in [1.29, 1.82) is 0 Å². The maximum atomic E-state index is 13.3. The lowest BCUT2D eigenvalue weighted by atomic mass is 10.2. The van der Waals surface area contributed by atoms with Crippen LogP contribution in [-0.2, 0) is 14.8 Å². The third-order valence-electron chi connectivity index (χ3n) is 5.07. The largest absolute Gasteiger partial charge is 0.325 e. The Balaban J connectivity index is 1.65. The number of benzene rings is 2. The molecule has 0 aromatic heterocycles. The number of rotatable bonds is 6. The van der Waals surface area contributed by atoms with Crippen LogP contribution in [0.3, 0.4) is 0 Å². The van der Waals surface area contributed by atoms with Gasteiger partial charge < -0.3 is 5.32 Å². The number of para-hydroxylation sites is 1. The lowest BCUT2D eigenvalue weighted by Gasteiger charge is -2.36. The van der Waals surface area contributed by atoms with E-state index in [1.807, 2.05) is 0 Å². The Hall–Kier alpha value is -2.60. The van der Waals surface area contributed by atoms with Gasteiger partial charge in [-0.2, -0.15) is 4.31 Å². The van der Waals surface area contributed by atoms with Crippen molar-refractivity contribution in [3.05, 3.63) is 63.4 Å². The normalized spacial score (nSPS) is 16.6. The Morgan fingerprint density at radius 3 is 2.45 bits per heavy atom. The van der Waals surface area contributed by atoms with Crippen LogP contribution in [-0.4, -0.2) is 60.7 Å². The van der Waals surface area contributed by atoms with Gasteiger partial charge in [-0.15, -0.1) is 0 Å². The van der Waals surface area contributed by atoms with E-state index in [-0.39, 0.29) is 42.0 Å². The number of hydrogen-bond donors (Lipinski definition) is 1. The van der Waals surface area contributed by atoms with Gasteiger partial charge in [-0.25, -0.2) is 12.8 Å². The molecule has 31 heavy (non-hydrogen) atoms. The van der Waals surface area contributed by atoms with E-state index >= 15 is 0 Å². The fourth-order valence-corrected chi connectivity index (χ4v) is 5.04. The van der Waals surface area contributed by atoms with Gasteiger partial charge in [0.05, 0.1) is 16.0 Å². The number of piperazine rings is 1. The second-order valence-corrected chi connectivity index (χ2v) is 9.27. The number of hydrogen-bond acceptors (Lipinski definition) is 6. The average Bonchev–Trinajstić information content (AvgIpc) is 2.75. The third-order valence-corrected chi connectivity index (χ3v) is 7.30. The molecule has 1 aliphatic rings. The summed E-state index contributed by atoms with van der Waals surface area (Å²) >= 11 is 5.72. The van der Waals surface area contributed by atoms with Crippen LogP contribution < -0.4 is 5.32 Å². The average molecular weight is 471 g/mol. The van der Waals surface area contributed by atoms with Crippen molar-refractivity contribution >= 4 is 38.9 Å². The monoisotopic (exact) mass is 470 g/mol. The van der Waals surface area contributed by atoms with Crippen molar-refractivity contribution in [2.75, 3.05) is 31.5 Å². The topological polar surface area (TPSA) is 113 Å². The summed E-state index contributed by atoms with van der Waals surface area (Å²) < 4.78 is 40.3. The maximum absolute atomic E-state index is 13.3. The standard InChI is InChI=1S/C19H20ClFN4O5S/c1-13(19(26)22-14-6-7-16(21)15(20)12-14)23-8-10-24(11-9-23)31(29,30)18-5-3-2-4-17(18)25(27)28/h2-7,12-13H,8-11H2,1H3,(H,22,26). The third kappa shape index (κ3) is 5.01. The molecule has 1 heterocycles. The minimum Gasteiger partial charge on any atom is -0.325 e. The van der Waals surface area contributed by atoms with Gasteiger partial charge in [-0.05, 0) is 31.2 Å². The molecule has 1 saturated heterocycles. The number of nitrogens with one attached hydrogen (secondary N) is 1. The first kappa shape index (κ1) is 23.1. The molecule has 0 saturated carbocycles. The van der Waals surface area contributed by atoms with Crippen LogP contribution in [0.1, 0.15) is 6.92 Å². The Morgan fingerprint density at radius 1 is 1.19 bits per heavy atom. The first-order valence-corrected chi connectivity index (χ1v) is 11.2. The minimum absolute atomic E-state index is 0.0778. The number of amides is 1. The molecule has 12 heteroatoms. The van der Waals surface area contributed by atoms with Crippen LogP contribution in [0.5, 0.6) is 0 Å². The van der Waals surface area contributed by atoms with Crippen molar-refractivity contribution in [3.63, 3.8) is 0 Å². The molecule has 1 unspecified atom stereocenters. The highest BCUT2D eigenvalue weighted by Crippen LogP contribution is 2.27. The van der Waals surface area contributed by atoms with Crippen LogP contribution >= 0.6 is 11.6 Å². The molecule has 1 amide bonds. The molecule has 2 aromatic rings. The number of nitro benzene ring substituents is 1. The molecule has 9 nitrogen and oxygen atoms in total. The number of nitro groups is 1. The molecular formula is C19H20ClFN4O5S. The zero-order valence-electron chi connectivity index (χ0n) is 16.5. The summed E-state index contributed by atoms with van der Waals surface area (Å²) in [7, 11) is -4.05. The SMILES string of the molecule is CC(C(=O)Nc1ccc(F)c(Cl)c1)N1CCN(S(=O)(=O)c2ccccc2[N+](=O)[O-])CC1. The summed E-state index contributed by atoms with van der Waals surface area (Å²) in [5, 5.41) is 13.7. The molecule has 3 rings (SSSR count). The number of carbonyl (C=O) groups excluding carboxylic acids is 1. The lowest BCUT2D eigenvalue weighted by Crippen LogP contribution is -2.53. The lowest BCUT2D eigenvalue weighted by molar-refractivity contribution is -0.387. The summed E-state index contributed by atoms with van der Waals surface area (Å²) in [4.78, 5) is 24.4. The van der Waals surface area contributed by atoms with Gasteiger partial charge in [-0.3, -0.25) is 19.8 Å². The first-order chi connectivity index (χ1) is 14.6. The summed E-state index contributed by atoms with van der Waals surface area (Å²) in [6.07, 6.45) is 0. The van der Waals surface area contributed by atoms with Gasteiger partial charge in [0.2, 0.25) is 15.9 Å². The molecule has 1 fully saturated rings. The second-order valence-electron chi connectivity index (χ2n) is 6.96. The molecule has 0 aliphatic carbocycles. The number of sulfonamides is 1. The van der Waals surface area contributed by atoms with Gasteiger partial charge in [0, 0.05) is 37.9 Å². The fraction of sp³-hybridized carbons (Fsp3) is 0.316. The molecule has 1 atom stereocenters. The Labute approximate surface area is 183 Å². The summed E-state index contributed by atoms with van der Waals surface area (Å²) in [5.41, 5.74) is -0.128. The van der Waals surface area contributed by atoms with E-state index in [0.29, 0.717) is 5.69 Å². The van der Waals surface area contributed by atoms with Crippen LogP contribution in [0.15, 0.2) is 47.4 Å². The number of anilines is 1. The minimum atomic E-state index is -4.05. The van der Waals surface area contributed by atoms with Crippen LogP contribution in [0.25, 0.3) is 0 Å². The predicted octanol–water partition coefficient (Wildman–Crippen LogP) is 2.72. The first-order valence-electron chi connectivity index (χ1n) is 9.35. The fourth-order valence-electron chi connectivity index (χ4n) is 3.28. The summed E-state index contributed by atoms with van der Waals surface area (Å²) in [6, 6.07) is 8.46. The van der Waals surface area contributed by atoms with Gasteiger partial charge in [0.25, 0.3) is 5.69 Å². The zero-order chi connectivity index (χ0) is 22.8. The van der Waals surface area contributed by atoms with Gasteiger partial charge in [0.1, 0.15) is 5.82 Å². The van der Waals surface area contributed by atoms with E-state index in [4.69, 9.17) is 11.6 Å². The smallest absolute Gasteiger partial charge is 0.289 e. The van der Waals surface area contributed by atoms with E-state index in [0.717, 1.165) is 12.1 Å². The molecule has 0 bridgehead atoms. The van der Waals surface area contributed by atoms with Gasteiger partial charge in [0.15, 0.2) is 4.90 Å². The van der Waals surface area contributed by atoms with E-state index in [1.54, 1.807) is 11.8 Å². The van der Waals surface area contributed by atoms with Crippen LogP contribution in [0.2, 0.25) is 5.02 Å². The van der Waals surface area contributed by atoms with Gasteiger partial charge >= 0.3 is 0 Å². The van der Waals surface area contributed by atoms with Gasteiger partial charge in [-0.1, -0.05) is 23.7 Å². The highest BCUT2D eigenvalue weighted by atomic mass is 35.5. The molecule has 166 valence electrons. The second kappa shape index (κ2) is 9.27. The Morgan fingerprint density at radius 2 is 1.84 bits per heavy atom. The highest BCUT2D eigenvalue weighted by molar-refractivity contribution is 7.89. The van der Waals surface area contributed by atoms with E-state index in [9.17, 15) is 27.7 Å². The highest BCUT2D eigenvalue weighted by Gasteiger charge is 2.35. The van der Waals surface area contributed by atoms with Crippen molar-refractivity contribution in [2.24, 2.45) is 0 Å². The van der Waals surface area contributed by atoms with E-state index in [1.165, 1.54) is 34.6 Å². The zero-order valence-corrected chi connectivity index (χ0v) is 18.1. The molecule has 0 radical (unpaired) electrons. The molecular weight excluding hydrogens is 451 g/mol. The predicted molar refractivity (Wildman–Crippen MR) is 113 cm³/mol. The number of nitrogens with zero attached hydrogens (tertiary/aromatic N) is 3. The molecule has 1 aliphatic heterocycles. The Bertz CT molecular complexity index is 1110. The number of carbonyl (C=O) groups is 1. The maximum Gasteiger partial charge on any atom is 0.289 e. The molecule has 0 spiro atoms.